The summed E-state index contributed by atoms with van der Waals surface area (Å²) in [5.74, 6) is 1.77. The van der Waals surface area contributed by atoms with Gasteiger partial charge in [-0.15, -0.1) is 6.42 Å². The van der Waals surface area contributed by atoms with Gasteiger partial charge in [0.1, 0.15) is 0 Å². The summed E-state index contributed by atoms with van der Waals surface area (Å²) in [5, 5.41) is 2.43. The number of benzene rings is 1. The van der Waals surface area contributed by atoms with Crippen LogP contribution in [-0.4, -0.2) is 33.2 Å². The second-order valence-electron chi connectivity index (χ2n) is 4.21. The Balaban J connectivity index is 2.59. The summed E-state index contributed by atoms with van der Waals surface area (Å²) in [6.45, 7) is 1.47. The van der Waals surface area contributed by atoms with Gasteiger partial charge in [0, 0.05) is 18.5 Å². The maximum absolute atomic E-state index is 11.9. The number of Topliss-reactive ketones (excluding diaryl/α,β-unsaturated/α-hetero) is 1. The molecule has 1 aromatic carbocycles. The Hall–Kier alpha value is -2.17. The fraction of sp³-hybridized carbons (Fsp3) is 0.286. The van der Waals surface area contributed by atoms with Crippen LogP contribution in [0.1, 0.15) is 23.7 Å². The molecular formula is C14H16N2O4S. The van der Waals surface area contributed by atoms with Crippen LogP contribution in [0.3, 0.4) is 0 Å². The van der Waals surface area contributed by atoms with Crippen molar-refractivity contribution in [1.82, 2.24) is 10.0 Å². The Kier molecular flexibility index (Phi) is 6.09. The lowest BCUT2D eigenvalue weighted by Gasteiger charge is -2.07. The van der Waals surface area contributed by atoms with Crippen LogP contribution in [0.25, 0.3) is 0 Å². The highest BCUT2D eigenvalue weighted by Gasteiger charge is 2.14. The summed E-state index contributed by atoms with van der Waals surface area (Å²) in [5.41, 5.74) is 0.433. The number of amides is 1. The van der Waals surface area contributed by atoms with Crippen molar-refractivity contribution < 1.29 is 18.0 Å². The number of ketones is 1. The second-order valence-corrected chi connectivity index (χ2v) is 5.98. The maximum atomic E-state index is 11.9. The molecule has 21 heavy (non-hydrogen) atoms. The maximum Gasteiger partial charge on any atom is 0.240 e. The van der Waals surface area contributed by atoms with Gasteiger partial charge in [-0.3, -0.25) is 9.59 Å². The molecule has 0 aliphatic rings. The molecule has 0 aromatic heterocycles. The monoisotopic (exact) mass is 308 g/mol. The van der Waals surface area contributed by atoms with Gasteiger partial charge in [-0.05, 0) is 19.1 Å². The van der Waals surface area contributed by atoms with Gasteiger partial charge in [0.05, 0.1) is 11.4 Å². The minimum Gasteiger partial charge on any atom is -0.345 e. The minimum absolute atomic E-state index is 0.00750. The number of hydrogen-bond acceptors (Lipinski definition) is 4. The van der Waals surface area contributed by atoms with E-state index in [0.717, 1.165) is 0 Å². The molecule has 0 unspecified atom stereocenters. The van der Waals surface area contributed by atoms with E-state index in [-0.39, 0.29) is 36.1 Å². The predicted octanol–water partition coefficient (Wildman–Crippen LogP) is 0.307. The third-order valence-corrected chi connectivity index (χ3v) is 4.08. The normalized spacial score (nSPS) is 10.7. The first-order valence-electron chi connectivity index (χ1n) is 6.17. The molecule has 112 valence electrons. The summed E-state index contributed by atoms with van der Waals surface area (Å²) >= 11 is 0. The van der Waals surface area contributed by atoms with Crippen molar-refractivity contribution in [3.8, 4) is 12.3 Å². The first-order valence-corrected chi connectivity index (χ1v) is 7.66. The van der Waals surface area contributed by atoms with Gasteiger partial charge in [0.15, 0.2) is 5.78 Å². The Morgan fingerprint density at radius 1 is 1.24 bits per heavy atom. The lowest BCUT2D eigenvalue weighted by atomic mass is 10.2. The summed E-state index contributed by atoms with van der Waals surface area (Å²) in [6, 6.07) is 5.57. The van der Waals surface area contributed by atoms with Gasteiger partial charge >= 0.3 is 0 Å². The number of nitrogens with one attached hydrogen (secondary N) is 2. The summed E-state index contributed by atoms with van der Waals surface area (Å²) in [4.78, 5) is 22.4. The molecule has 0 saturated heterocycles. The van der Waals surface area contributed by atoms with Crippen LogP contribution in [-0.2, 0) is 14.8 Å². The molecule has 0 aliphatic carbocycles. The molecule has 0 bridgehead atoms. The Morgan fingerprint density at radius 3 is 2.38 bits per heavy atom. The first-order chi connectivity index (χ1) is 9.86. The predicted molar refractivity (Wildman–Crippen MR) is 78.1 cm³/mol. The number of hydrogen-bond donors (Lipinski definition) is 2. The highest BCUT2D eigenvalue weighted by Crippen LogP contribution is 2.10. The number of terminal acetylenes is 1. The zero-order chi connectivity index (χ0) is 15.9. The Bertz CT molecular complexity index is 657. The summed E-state index contributed by atoms with van der Waals surface area (Å²) in [7, 11) is -3.70. The van der Waals surface area contributed by atoms with Crippen molar-refractivity contribution in [2.45, 2.75) is 18.2 Å². The van der Waals surface area contributed by atoms with Crippen LogP contribution in [0.5, 0.6) is 0 Å². The fourth-order valence-corrected chi connectivity index (χ4v) is 2.52. The van der Waals surface area contributed by atoms with E-state index in [9.17, 15) is 18.0 Å². The van der Waals surface area contributed by atoms with Gasteiger partial charge < -0.3 is 5.32 Å². The van der Waals surface area contributed by atoms with Crippen LogP contribution >= 0.6 is 0 Å². The lowest BCUT2D eigenvalue weighted by Crippen LogP contribution is -2.30. The molecule has 0 fully saturated rings. The van der Waals surface area contributed by atoms with Gasteiger partial charge in [-0.1, -0.05) is 18.1 Å². The van der Waals surface area contributed by atoms with Gasteiger partial charge in [0.2, 0.25) is 15.9 Å². The molecule has 1 amide bonds. The highest BCUT2D eigenvalue weighted by molar-refractivity contribution is 7.89. The number of carbonyl (C=O) groups is 2. The van der Waals surface area contributed by atoms with E-state index in [2.05, 4.69) is 16.0 Å². The quantitative estimate of drug-likeness (QED) is 0.560. The zero-order valence-electron chi connectivity index (χ0n) is 11.5. The molecule has 0 spiro atoms. The van der Waals surface area contributed by atoms with Gasteiger partial charge in [-0.25, -0.2) is 13.1 Å². The SMILES string of the molecule is C#CCNC(=O)CCNS(=O)(=O)c1ccc(C(C)=O)cc1. The van der Waals surface area contributed by atoms with E-state index < -0.39 is 10.0 Å². The third kappa shape index (κ3) is 5.38. The smallest absolute Gasteiger partial charge is 0.240 e. The number of sulfonamides is 1. The lowest BCUT2D eigenvalue weighted by molar-refractivity contribution is -0.120. The standard InChI is InChI=1S/C14H16N2O4S/c1-3-9-15-14(18)8-10-16-21(19,20)13-6-4-12(5-7-13)11(2)17/h1,4-7,16H,8-10H2,2H3,(H,15,18). The van der Waals surface area contributed by atoms with Crippen molar-refractivity contribution in [3.63, 3.8) is 0 Å². The van der Waals surface area contributed by atoms with E-state index in [4.69, 9.17) is 6.42 Å². The minimum atomic E-state index is -3.70. The molecule has 0 heterocycles. The van der Waals surface area contributed by atoms with Gasteiger partial charge in [-0.2, -0.15) is 0 Å². The number of carbonyl (C=O) groups excluding carboxylic acids is 2. The van der Waals surface area contributed by atoms with Crippen molar-refractivity contribution in [2.75, 3.05) is 13.1 Å². The molecule has 2 N–H and O–H groups in total. The zero-order valence-corrected chi connectivity index (χ0v) is 12.4. The Morgan fingerprint density at radius 2 is 1.86 bits per heavy atom. The molecule has 0 aliphatic heterocycles. The summed E-state index contributed by atoms with van der Waals surface area (Å²) < 4.78 is 26.2. The van der Waals surface area contributed by atoms with Crippen molar-refractivity contribution >= 4 is 21.7 Å². The first kappa shape index (κ1) is 16.9. The molecule has 0 radical (unpaired) electrons. The van der Waals surface area contributed by atoms with E-state index in [1.807, 2.05) is 0 Å². The average Bonchev–Trinajstić information content (AvgIpc) is 2.45. The molecule has 7 heteroatoms. The van der Waals surface area contributed by atoms with Crippen LogP contribution < -0.4 is 10.0 Å². The summed E-state index contributed by atoms with van der Waals surface area (Å²) in [6.07, 6.45) is 4.98. The topological polar surface area (TPSA) is 92.3 Å². The van der Waals surface area contributed by atoms with E-state index in [1.165, 1.54) is 31.2 Å². The number of rotatable bonds is 7. The average molecular weight is 308 g/mol. The molecular weight excluding hydrogens is 292 g/mol. The van der Waals surface area contributed by atoms with Crippen LogP contribution in [0.15, 0.2) is 29.2 Å². The van der Waals surface area contributed by atoms with Crippen LogP contribution in [0.4, 0.5) is 0 Å². The fourth-order valence-electron chi connectivity index (χ4n) is 1.49. The van der Waals surface area contributed by atoms with E-state index >= 15 is 0 Å². The molecule has 1 aromatic rings. The van der Waals surface area contributed by atoms with Crippen LogP contribution in [0, 0.1) is 12.3 Å². The van der Waals surface area contributed by atoms with E-state index in [1.54, 1.807) is 0 Å². The molecule has 0 saturated carbocycles. The van der Waals surface area contributed by atoms with Crippen molar-refractivity contribution in [1.29, 1.82) is 0 Å². The van der Waals surface area contributed by atoms with Crippen molar-refractivity contribution in [3.05, 3.63) is 29.8 Å². The van der Waals surface area contributed by atoms with Gasteiger partial charge in [0.25, 0.3) is 0 Å². The van der Waals surface area contributed by atoms with Crippen LogP contribution in [0.2, 0.25) is 0 Å². The third-order valence-electron chi connectivity index (χ3n) is 2.60. The molecule has 1 rings (SSSR count). The second kappa shape index (κ2) is 7.57. The van der Waals surface area contributed by atoms with Crippen molar-refractivity contribution in [2.24, 2.45) is 0 Å². The van der Waals surface area contributed by atoms with E-state index in [0.29, 0.717) is 5.56 Å². The molecule has 6 nitrogen and oxygen atoms in total. The highest BCUT2D eigenvalue weighted by atomic mass is 32.2. The molecule has 0 atom stereocenters. The Labute approximate surface area is 124 Å². The largest absolute Gasteiger partial charge is 0.345 e.